The van der Waals surface area contributed by atoms with E-state index in [1.165, 1.54) is 18.2 Å². The van der Waals surface area contributed by atoms with Crippen molar-refractivity contribution >= 4 is 17.5 Å². The van der Waals surface area contributed by atoms with Gasteiger partial charge in [0.25, 0.3) is 5.91 Å². The lowest BCUT2D eigenvalue weighted by molar-refractivity contribution is 0.0929. The molecule has 3 nitrogen and oxygen atoms in total. The maximum absolute atomic E-state index is 13.2. The van der Waals surface area contributed by atoms with E-state index in [4.69, 9.17) is 16.7 Å². The maximum atomic E-state index is 13.2. The average molecular weight is 260 g/mol. The molecule has 5 heteroatoms. The molecule has 0 aliphatic heterocycles. The largest absolute Gasteiger partial charge is 0.396 e. The molecule has 94 valence electrons. The monoisotopic (exact) mass is 259 g/mol. The Morgan fingerprint density at radius 3 is 2.88 bits per heavy atom. The van der Waals surface area contributed by atoms with Crippen LogP contribution in [-0.4, -0.2) is 23.7 Å². The van der Waals surface area contributed by atoms with E-state index in [9.17, 15) is 9.18 Å². The minimum Gasteiger partial charge on any atom is -0.396 e. The zero-order chi connectivity index (χ0) is 12.8. The van der Waals surface area contributed by atoms with Gasteiger partial charge in [0, 0.05) is 12.6 Å². The molecule has 2 N–H and O–H groups in total. The first-order valence-electron chi connectivity index (χ1n) is 5.45. The zero-order valence-electron chi connectivity index (χ0n) is 9.54. The maximum Gasteiger partial charge on any atom is 0.253 e. The van der Waals surface area contributed by atoms with Crippen molar-refractivity contribution in [2.45, 2.75) is 25.8 Å². The molecule has 1 aromatic rings. The molecule has 0 heterocycles. The molecule has 0 aliphatic carbocycles. The second kappa shape index (κ2) is 6.57. The summed E-state index contributed by atoms with van der Waals surface area (Å²) in [6, 6.07) is 3.96. The van der Waals surface area contributed by atoms with E-state index < -0.39 is 11.7 Å². The molecule has 1 atom stereocenters. The molecule has 0 saturated heterocycles. The van der Waals surface area contributed by atoms with Crippen molar-refractivity contribution in [3.63, 3.8) is 0 Å². The zero-order valence-corrected chi connectivity index (χ0v) is 10.3. The van der Waals surface area contributed by atoms with Crippen molar-refractivity contribution in [2.24, 2.45) is 0 Å². The fourth-order valence-corrected chi connectivity index (χ4v) is 1.69. The van der Waals surface area contributed by atoms with Crippen LogP contribution in [0, 0.1) is 5.82 Å². The van der Waals surface area contributed by atoms with Crippen molar-refractivity contribution in [3.05, 3.63) is 34.6 Å². The number of hydrogen-bond acceptors (Lipinski definition) is 2. The molecule has 0 spiro atoms. The molecule has 0 aliphatic rings. The van der Waals surface area contributed by atoms with Gasteiger partial charge in [0.15, 0.2) is 0 Å². The summed E-state index contributed by atoms with van der Waals surface area (Å²) in [5, 5.41) is 11.3. The van der Waals surface area contributed by atoms with Crippen molar-refractivity contribution in [1.82, 2.24) is 5.32 Å². The lowest BCUT2D eigenvalue weighted by atomic mass is 10.1. The Hall–Kier alpha value is -1.13. The third-order valence-corrected chi connectivity index (χ3v) is 2.89. The minimum atomic E-state index is -0.616. The van der Waals surface area contributed by atoms with Crippen LogP contribution in [-0.2, 0) is 0 Å². The van der Waals surface area contributed by atoms with Gasteiger partial charge in [-0.15, -0.1) is 0 Å². The van der Waals surface area contributed by atoms with Gasteiger partial charge in [-0.25, -0.2) is 4.39 Å². The normalized spacial score (nSPS) is 12.2. The summed E-state index contributed by atoms with van der Waals surface area (Å²) in [4.78, 5) is 11.8. The van der Waals surface area contributed by atoms with Crippen molar-refractivity contribution < 1.29 is 14.3 Å². The summed E-state index contributed by atoms with van der Waals surface area (Å²) in [5.41, 5.74) is 0.114. The summed E-state index contributed by atoms with van der Waals surface area (Å²) in [6.45, 7) is 1.89. The van der Waals surface area contributed by atoms with E-state index in [1.807, 2.05) is 6.92 Å². The van der Waals surface area contributed by atoms with Crippen LogP contribution in [0.4, 0.5) is 4.39 Å². The predicted octanol–water partition coefficient (Wildman–Crippen LogP) is 2.37. The van der Waals surface area contributed by atoms with Crippen LogP contribution in [0.2, 0.25) is 5.02 Å². The minimum absolute atomic E-state index is 0.00430. The van der Waals surface area contributed by atoms with Gasteiger partial charge in [-0.2, -0.15) is 0 Å². The second-order valence-electron chi connectivity index (χ2n) is 3.69. The van der Waals surface area contributed by atoms with Crippen LogP contribution < -0.4 is 5.32 Å². The first-order valence-corrected chi connectivity index (χ1v) is 5.83. The van der Waals surface area contributed by atoms with Crippen LogP contribution in [0.25, 0.3) is 0 Å². The summed E-state index contributed by atoms with van der Waals surface area (Å²) in [6.07, 6.45) is 1.16. The standard InChI is InChI=1S/C12H15ClFNO2/c1-2-8(6-7-16)15-12(17)9-4-3-5-10(14)11(9)13/h3-5,8,16H,2,6-7H2,1H3,(H,15,17). The Morgan fingerprint density at radius 1 is 1.59 bits per heavy atom. The van der Waals surface area contributed by atoms with Crippen molar-refractivity contribution in [3.8, 4) is 0 Å². The van der Waals surface area contributed by atoms with Gasteiger partial charge in [-0.1, -0.05) is 24.6 Å². The lowest BCUT2D eigenvalue weighted by Crippen LogP contribution is -2.35. The van der Waals surface area contributed by atoms with Gasteiger partial charge in [-0.3, -0.25) is 4.79 Å². The SMILES string of the molecule is CCC(CCO)NC(=O)c1cccc(F)c1Cl. The number of amides is 1. The Kier molecular flexibility index (Phi) is 5.38. The highest BCUT2D eigenvalue weighted by Crippen LogP contribution is 2.19. The van der Waals surface area contributed by atoms with E-state index in [0.29, 0.717) is 12.8 Å². The number of halogens is 2. The van der Waals surface area contributed by atoms with Crippen molar-refractivity contribution in [1.29, 1.82) is 0 Å². The molecule has 1 amide bonds. The summed E-state index contributed by atoms with van der Waals surface area (Å²) < 4.78 is 13.2. The highest BCUT2D eigenvalue weighted by molar-refractivity contribution is 6.34. The van der Waals surface area contributed by atoms with E-state index >= 15 is 0 Å². The number of hydrogen-bond donors (Lipinski definition) is 2. The molecule has 1 rings (SSSR count). The topological polar surface area (TPSA) is 49.3 Å². The molecule has 0 aromatic heterocycles. The molecule has 0 saturated carbocycles. The Morgan fingerprint density at radius 2 is 2.29 bits per heavy atom. The first kappa shape index (κ1) is 13.9. The number of nitrogens with one attached hydrogen (secondary N) is 1. The number of carbonyl (C=O) groups excluding carboxylic acids is 1. The van der Waals surface area contributed by atoms with Crippen LogP contribution in [0.5, 0.6) is 0 Å². The summed E-state index contributed by atoms with van der Waals surface area (Å²) in [7, 11) is 0. The first-order chi connectivity index (χ1) is 8.10. The van der Waals surface area contributed by atoms with Gasteiger partial charge in [0.2, 0.25) is 0 Å². The van der Waals surface area contributed by atoms with E-state index in [0.717, 1.165) is 0 Å². The molecule has 0 fully saturated rings. The Labute approximate surface area is 105 Å². The van der Waals surface area contributed by atoms with E-state index in [-0.39, 0.29) is 23.2 Å². The third-order valence-electron chi connectivity index (χ3n) is 2.50. The molecule has 0 radical (unpaired) electrons. The predicted molar refractivity (Wildman–Crippen MR) is 64.7 cm³/mol. The molecule has 1 aromatic carbocycles. The summed E-state index contributed by atoms with van der Waals surface area (Å²) >= 11 is 5.71. The number of aliphatic hydroxyl groups excluding tert-OH is 1. The van der Waals surface area contributed by atoms with E-state index in [1.54, 1.807) is 0 Å². The second-order valence-corrected chi connectivity index (χ2v) is 4.07. The number of rotatable bonds is 5. The molecular weight excluding hydrogens is 245 g/mol. The fraction of sp³-hybridized carbons (Fsp3) is 0.417. The fourth-order valence-electron chi connectivity index (χ4n) is 1.48. The quantitative estimate of drug-likeness (QED) is 0.853. The van der Waals surface area contributed by atoms with Gasteiger partial charge in [0.05, 0.1) is 10.6 Å². The van der Waals surface area contributed by atoms with Crippen molar-refractivity contribution in [2.75, 3.05) is 6.61 Å². The smallest absolute Gasteiger partial charge is 0.253 e. The van der Waals surface area contributed by atoms with Crippen LogP contribution in [0.1, 0.15) is 30.1 Å². The van der Waals surface area contributed by atoms with Crippen LogP contribution in [0.3, 0.4) is 0 Å². The summed E-state index contributed by atoms with van der Waals surface area (Å²) in [5.74, 6) is -1.04. The molecular formula is C12H15ClFNO2. The highest BCUT2D eigenvalue weighted by Gasteiger charge is 2.16. The Balaban J connectivity index is 2.79. The van der Waals surface area contributed by atoms with E-state index in [2.05, 4.69) is 5.32 Å². The number of benzene rings is 1. The van der Waals surface area contributed by atoms with Crippen LogP contribution >= 0.6 is 11.6 Å². The molecule has 1 unspecified atom stereocenters. The number of aliphatic hydroxyl groups is 1. The molecule has 0 bridgehead atoms. The lowest BCUT2D eigenvalue weighted by Gasteiger charge is -2.16. The van der Waals surface area contributed by atoms with Gasteiger partial charge >= 0.3 is 0 Å². The molecule has 17 heavy (non-hydrogen) atoms. The highest BCUT2D eigenvalue weighted by atomic mass is 35.5. The Bertz CT molecular complexity index is 398. The number of carbonyl (C=O) groups is 1. The third kappa shape index (κ3) is 3.68. The van der Waals surface area contributed by atoms with Gasteiger partial charge in [-0.05, 0) is 25.0 Å². The van der Waals surface area contributed by atoms with Gasteiger partial charge in [0.1, 0.15) is 5.82 Å². The van der Waals surface area contributed by atoms with Crippen LogP contribution in [0.15, 0.2) is 18.2 Å². The van der Waals surface area contributed by atoms with Gasteiger partial charge < -0.3 is 10.4 Å². The average Bonchev–Trinajstić information content (AvgIpc) is 2.31.